The molecule has 2 heterocycles. The van der Waals surface area contributed by atoms with Crippen molar-refractivity contribution < 1.29 is 9.84 Å². The van der Waals surface area contributed by atoms with E-state index in [0.717, 1.165) is 19.5 Å². The van der Waals surface area contributed by atoms with Gasteiger partial charge >= 0.3 is 0 Å². The highest BCUT2D eigenvalue weighted by molar-refractivity contribution is 5.10. The number of methoxy groups -OCH3 is 1. The largest absolute Gasteiger partial charge is 0.395 e. The van der Waals surface area contributed by atoms with Gasteiger partial charge in [0, 0.05) is 38.6 Å². The molecule has 1 aromatic heterocycles. The van der Waals surface area contributed by atoms with Gasteiger partial charge in [-0.05, 0) is 24.1 Å². The summed E-state index contributed by atoms with van der Waals surface area (Å²) in [7, 11) is 1.73. The Balaban J connectivity index is 1.98. The van der Waals surface area contributed by atoms with E-state index in [1.165, 1.54) is 5.56 Å². The zero-order valence-corrected chi connectivity index (χ0v) is 9.54. The molecule has 4 nitrogen and oxygen atoms in total. The van der Waals surface area contributed by atoms with Crippen molar-refractivity contribution in [2.24, 2.45) is 0 Å². The van der Waals surface area contributed by atoms with Crippen molar-refractivity contribution in [3.05, 3.63) is 30.1 Å². The molecule has 0 aromatic carbocycles. The minimum atomic E-state index is 0.199. The van der Waals surface area contributed by atoms with E-state index in [-0.39, 0.29) is 18.8 Å². The van der Waals surface area contributed by atoms with Crippen LogP contribution in [0.3, 0.4) is 0 Å². The topological polar surface area (TPSA) is 45.6 Å². The van der Waals surface area contributed by atoms with E-state index in [4.69, 9.17) is 4.74 Å². The zero-order valence-electron chi connectivity index (χ0n) is 9.54. The normalized spacial score (nSPS) is 26.1. The van der Waals surface area contributed by atoms with Crippen LogP contribution in [0.4, 0.5) is 0 Å². The fourth-order valence-corrected chi connectivity index (χ4v) is 2.21. The summed E-state index contributed by atoms with van der Waals surface area (Å²) in [4.78, 5) is 6.27. The summed E-state index contributed by atoms with van der Waals surface area (Å²) in [5.74, 6) is 0. The molecule has 88 valence electrons. The molecular weight excluding hydrogens is 204 g/mol. The number of hydrogen-bond acceptors (Lipinski definition) is 4. The number of hydrogen-bond donors (Lipinski definition) is 1. The van der Waals surface area contributed by atoms with E-state index >= 15 is 0 Å². The van der Waals surface area contributed by atoms with E-state index in [2.05, 4.69) is 9.88 Å². The van der Waals surface area contributed by atoms with Gasteiger partial charge in [-0.3, -0.25) is 9.88 Å². The molecule has 2 atom stereocenters. The zero-order chi connectivity index (χ0) is 11.4. The van der Waals surface area contributed by atoms with Crippen LogP contribution >= 0.6 is 0 Å². The molecule has 16 heavy (non-hydrogen) atoms. The Morgan fingerprint density at radius 3 is 2.88 bits per heavy atom. The van der Waals surface area contributed by atoms with Gasteiger partial charge in [0.15, 0.2) is 0 Å². The van der Waals surface area contributed by atoms with Gasteiger partial charge in [-0.2, -0.15) is 0 Å². The molecule has 1 saturated heterocycles. The van der Waals surface area contributed by atoms with E-state index in [9.17, 15) is 5.11 Å². The van der Waals surface area contributed by atoms with Crippen molar-refractivity contribution in [2.45, 2.75) is 25.1 Å². The van der Waals surface area contributed by atoms with Gasteiger partial charge < -0.3 is 9.84 Å². The van der Waals surface area contributed by atoms with Crippen LogP contribution in [-0.2, 0) is 11.3 Å². The summed E-state index contributed by atoms with van der Waals surface area (Å²) in [6.07, 6.45) is 4.76. The van der Waals surface area contributed by atoms with E-state index < -0.39 is 0 Å². The number of aliphatic hydroxyl groups is 1. The minimum absolute atomic E-state index is 0.199. The second-order valence-corrected chi connectivity index (χ2v) is 4.21. The maximum absolute atomic E-state index is 9.32. The lowest BCUT2D eigenvalue weighted by Gasteiger charge is -2.22. The van der Waals surface area contributed by atoms with Gasteiger partial charge in [0.25, 0.3) is 0 Å². The summed E-state index contributed by atoms with van der Waals surface area (Å²) >= 11 is 0. The third-order valence-electron chi connectivity index (χ3n) is 3.17. The molecule has 0 amide bonds. The first-order valence-corrected chi connectivity index (χ1v) is 5.60. The predicted molar refractivity (Wildman–Crippen MR) is 60.9 cm³/mol. The molecule has 0 saturated carbocycles. The van der Waals surface area contributed by atoms with Gasteiger partial charge in [-0.25, -0.2) is 0 Å². The van der Waals surface area contributed by atoms with Crippen LogP contribution in [0.2, 0.25) is 0 Å². The Morgan fingerprint density at radius 2 is 2.25 bits per heavy atom. The highest BCUT2D eigenvalue weighted by atomic mass is 16.5. The van der Waals surface area contributed by atoms with Crippen LogP contribution in [0, 0.1) is 0 Å². The lowest BCUT2D eigenvalue weighted by Crippen LogP contribution is -2.31. The monoisotopic (exact) mass is 222 g/mol. The molecule has 0 aliphatic carbocycles. The molecule has 2 rings (SSSR count). The lowest BCUT2D eigenvalue weighted by molar-refractivity contribution is 0.107. The van der Waals surface area contributed by atoms with Crippen molar-refractivity contribution in [1.82, 2.24) is 9.88 Å². The second-order valence-electron chi connectivity index (χ2n) is 4.21. The molecule has 0 unspecified atom stereocenters. The number of likely N-dealkylation sites (tertiary alicyclic amines) is 1. The van der Waals surface area contributed by atoms with Gasteiger partial charge in [0.05, 0.1) is 12.7 Å². The standard InChI is InChI=1S/C12H18N2O2/c1-16-12-6-11(9-15)14(8-12)7-10-2-4-13-5-3-10/h2-5,11-12,15H,6-9H2,1H3/t11-,12-/m0/s1. The number of rotatable bonds is 4. The van der Waals surface area contributed by atoms with Crippen molar-refractivity contribution in [1.29, 1.82) is 0 Å². The predicted octanol–water partition coefficient (Wildman–Crippen LogP) is 0.663. The Hall–Kier alpha value is -0.970. The average molecular weight is 222 g/mol. The Morgan fingerprint density at radius 1 is 1.50 bits per heavy atom. The maximum atomic E-state index is 9.32. The van der Waals surface area contributed by atoms with Crippen molar-refractivity contribution >= 4 is 0 Å². The SMILES string of the molecule is CO[C@H]1C[C@@H](CO)N(Cc2ccncc2)C1. The molecule has 1 N–H and O–H groups in total. The van der Waals surface area contributed by atoms with Crippen LogP contribution in [0.5, 0.6) is 0 Å². The molecule has 0 radical (unpaired) electrons. The van der Waals surface area contributed by atoms with E-state index in [1.54, 1.807) is 19.5 Å². The second kappa shape index (κ2) is 5.39. The third-order valence-corrected chi connectivity index (χ3v) is 3.17. The van der Waals surface area contributed by atoms with Gasteiger partial charge in [0.1, 0.15) is 0 Å². The number of aromatic nitrogens is 1. The summed E-state index contributed by atoms with van der Waals surface area (Å²) in [5, 5.41) is 9.32. The molecule has 4 heteroatoms. The molecule has 1 aliphatic rings. The highest BCUT2D eigenvalue weighted by Gasteiger charge is 2.31. The number of ether oxygens (including phenoxy) is 1. The average Bonchev–Trinajstić information content (AvgIpc) is 2.73. The fraction of sp³-hybridized carbons (Fsp3) is 0.583. The quantitative estimate of drug-likeness (QED) is 0.813. The van der Waals surface area contributed by atoms with Crippen molar-refractivity contribution in [3.8, 4) is 0 Å². The lowest BCUT2D eigenvalue weighted by atomic mass is 10.2. The van der Waals surface area contributed by atoms with E-state index in [1.807, 2.05) is 12.1 Å². The smallest absolute Gasteiger partial charge is 0.0714 e. The summed E-state index contributed by atoms with van der Waals surface area (Å²) in [5.41, 5.74) is 1.23. The maximum Gasteiger partial charge on any atom is 0.0714 e. The molecular formula is C12H18N2O2. The number of nitrogens with zero attached hydrogens (tertiary/aromatic N) is 2. The van der Waals surface area contributed by atoms with Crippen LogP contribution in [0.15, 0.2) is 24.5 Å². The van der Waals surface area contributed by atoms with Gasteiger partial charge in [0.2, 0.25) is 0 Å². The number of aliphatic hydroxyl groups excluding tert-OH is 1. The van der Waals surface area contributed by atoms with E-state index in [0.29, 0.717) is 0 Å². The Kier molecular flexibility index (Phi) is 3.88. The first-order valence-electron chi connectivity index (χ1n) is 5.60. The Bertz CT molecular complexity index is 318. The molecule has 1 fully saturated rings. The molecule has 0 bridgehead atoms. The van der Waals surface area contributed by atoms with Crippen LogP contribution < -0.4 is 0 Å². The van der Waals surface area contributed by atoms with Crippen molar-refractivity contribution in [2.75, 3.05) is 20.3 Å². The summed E-state index contributed by atoms with van der Waals surface area (Å²) < 4.78 is 5.35. The number of pyridine rings is 1. The van der Waals surface area contributed by atoms with Crippen LogP contribution in [0.25, 0.3) is 0 Å². The third kappa shape index (κ3) is 2.58. The Labute approximate surface area is 95.9 Å². The minimum Gasteiger partial charge on any atom is -0.395 e. The molecule has 0 spiro atoms. The molecule has 1 aliphatic heterocycles. The molecule has 1 aromatic rings. The summed E-state index contributed by atoms with van der Waals surface area (Å²) in [6, 6.07) is 4.24. The fourth-order valence-electron chi connectivity index (χ4n) is 2.21. The van der Waals surface area contributed by atoms with Crippen LogP contribution in [-0.4, -0.2) is 47.4 Å². The van der Waals surface area contributed by atoms with Crippen molar-refractivity contribution in [3.63, 3.8) is 0 Å². The van der Waals surface area contributed by atoms with Crippen LogP contribution in [0.1, 0.15) is 12.0 Å². The van der Waals surface area contributed by atoms with Gasteiger partial charge in [-0.1, -0.05) is 0 Å². The first kappa shape index (κ1) is 11.5. The highest BCUT2D eigenvalue weighted by Crippen LogP contribution is 2.21. The van der Waals surface area contributed by atoms with Gasteiger partial charge in [-0.15, -0.1) is 0 Å². The first-order chi connectivity index (χ1) is 7.83. The summed E-state index contributed by atoms with van der Waals surface area (Å²) in [6.45, 7) is 1.95.